The predicted molar refractivity (Wildman–Crippen MR) is 86.9 cm³/mol. The molecule has 1 aliphatic heterocycles. The molecule has 2 amide bonds. The van der Waals surface area contributed by atoms with Gasteiger partial charge in [0.1, 0.15) is 5.56 Å². The topological polar surface area (TPSA) is 228 Å². The minimum atomic E-state index is -4.83. The number of thioether (sulfide) groups is 1. The van der Waals surface area contributed by atoms with Crippen LogP contribution in [0.5, 0.6) is 0 Å². The lowest BCUT2D eigenvalue weighted by atomic mass is 9.99. The van der Waals surface area contributed by atoms with Crippen molar-refractivity contribution in [3.05, 3.63) is 32.6 Å². The molecule has 0 saturated carbocycles. The van der Waals surface area contributed by atoms with E-state index < -0.39 is 65.7 Å². The van der Waals surface area contributed by atoms with E-state index in [1.807, 2.05) is 4.98 Å². The van der Waals surface area contributed by atoms with E-state index >= 15 is 0 Å². The van der Waals surface area contributed by atoms with Crippen LogP contribution >= 0.6 is 19.6 Å². The Morgan fingerprint density at radius 3 is 2.46 bits per heavy atom. The Morgan fingerprint density at radius 1 is 1.35 bits per heavy atom. The molecule has 0 radical (unpaired) electrons. The van der Waals surface area contributed by atoms with Crippen LogP contribution in [-0.2, 0) is 13.9 Å². The number of rotatable bonds is 6. The number of H-pyrrole nitrogens is 1. The van der Waals surface area contributed by atoms with Gasteiger partial charge in [-0.05, 0) is 0 Å². The molecule has 2 rings (SSSR count). The van der Waals surface area contributed by atoms with E-state index in [4.69, 9.17) is 21.3 Å². The zero-order valence-corrected chi connectivity index (χ0v) is 14.6. The number of aliphatic hydroxyl groups is 1. The number of nitrogens with two attached hydrogens (primary N) is 2. The SMILES string of the molecule is NC(=O)c1cn(C2SC(COP(=O)(O)O)C(O)C2C(N)=O)c(=O)[nH]c1=O. The van der Waals surface area contributed by atoms with E-state index in [2.05, 4.69) is 4.52 Å². The molecule has 4 atom stereocenters. The van der Waals surface area contributed by atoms with Gasteiger partial charge in [0.25, 0.3) is 11.5 Å². The van der Waals surface area contributed by atoms with Crippen LogP contribution in [0.1, 0.15) is 15.7 Å². The summed E-state index contributed by atoms with van der Waals surface area (Å²) < 4.78 is 15.9. The molecule has 0 aliphatic carbocycles. The number of amides is 2. The molecule has 1 aliphatic rings. The molecule has 0 spiro atoms. The van der Waals surface area contributed by atoms with Gasteiger partial charge in [-0.3, -0.25) is 28.5 Å². The summed E-state index contributed by atoms with van der Waals surface area (Å²) in [5, 5.41) is 8.04. The van der Waals surface area contributed by atoms with E-state index in [0.29, 0.717) is 0 Å². The molecule has 144 valence electrons. The van der Waals surface area contributed by atoms with Crippen molar-refractivity contribution in [2.24, 2.45) is 17.4 Å². The van der Waals surface area contributed by atoms with Gasteiger partial charge in [0.05, 0.1) is 29.3 Å². The summed E-state index contributed by atoms with van der Waals surface area (Å²) in [6, 6.07) is 0. The highest BCUT2D eigenvalue weighted by Crippen LogP contribution is 2.47. The monoisotopic (exact) mass is 410 g/mol. The molecule has 0 aromatic carbocycles. The first-order valence-corrected chi connectivity index (χ1v) is 9.38. The number of hydrogen-bond acceptors (Lipinski definition) is 8. The maximum absolute atomic E-state index is 12.1. The number of primary amides is 2. The van der Waals surface area contributed by atoms with Gasteiger partial charge in [-0.15, -0.1) is 11.8 Å². The highest BCUT2D eigenvalue weighted by Gasteiger charge is 2.48. The van der Waals surface area contributed by atoms with Crippen molar-refractivity contribution in [2.45, 2.75) is 16.7 Å². The summed E-state index contributed by atoms with van der Waals surface area (Å²) in [5.41, 5.74) is 7.72. The molecule has 13 nitrogen and oxygen atoms in total. The van der Waals surface area contributed by atoms with Crippen LogP contribution in [0.4, 0.5) is 0 Å². The van der Waals surface area contributed by atoms with Crippen molar-refractivity contribution in [3.8, 4) is 0 Å². The second-order valence-electron chi connectivity index (χ2n) is 5.34. The molecule has 15 heteroatoms. The van der Waals surface area contributed by atoms with Gasteiger partial charge in [-0.25, -0.2) is 9.36 Å². The molecular weight excluding hydrogens is 395 g/mol. The Hall–Kier alpha value is -1.96. The fraction of sp³-hybridized carbons (Fsp3) is 0.455. The van der Waals surface area contributed by atoms with Crippen LogP contribution in [0.25, 0.3) is 0 Å². The molecule has 1 fully saturated rings. The molecule has 0 bridgehead atoms. The molecule has 4 unspecified atom stereocenters. The third kappa shape index (κ3) is 4.23. The van der Waals surface area contributed by atoms with Gasteiger partial charge in [0, 0.05) is 6.20 Å². The van der Waals surface area contributed by atoms with Gasteiger partial charge in [-0.1, -0.05) is 0 Å². The fourth-order valence-corrected chi connectivity index (χ4v) is 4.49. The zero-order chi connectivity index (χ0) is 19.8. The maximum Gasteiger partial charge on any atom is 0.469 e. The summed E-state index contributed by atoms with van der Waals surface area (Å²) >= 11 is 0.759. The van der Waals surface area contributed by atoms with Crippen LogP contribution in [0, 0.1) is 5.92 Å². The van der Waals surface area contributed by atoms with Gasteiger partial charge >= 0.3 is 13.5 Å². The lowest BCUT2D eigenvalue weighted by Gasteiger charge is -2.20. The molecule has 1 aromatic heterocycles. The Labute approximate surface area is 148 Å². The average molecular weight is 410 g/mol. The Morgan fingerprint density at radius 2 is 1.96 bits per heavy atom. The van der Waals surface area contributed by atoms with E-state index in [0.717, 1.165) is 22.5 Å². The van der Waals surface area contributed by atoms with Gasteiger partial charge in [-0.2, -0.15) is 0 Å². The normalized spacial score (nSPS) is 26.0. The number of carbonyl (C=O) groups is 2. The largest absolute Gasteiger partial charge is 0.469 e. The number of carbonyl (C=O) groups excluding carboxylic acids is 2. The lowest BCUT2D eigenvalue weighted by Crippen LogP contribution is -2.42. The van der Waals surface area contributed by atoms with Crippen LogP contribution in [0.2, 0.25) is 0 Å². The van der Waals surface area contributed by atoms with E-state index in [9.17, 15) is 28.8 Å². The summed E-state index contributed by atoms with van der Waals surface area (Å²) in [6.07, 6.45) is -0.680. The molecular formula is C11H15N4O9PS. The van der Waals surface area contributed by atoms with Crippen LogP contribution in [0.15, 0.2) is 15.8 Å². The minimum Gasteiger partial charge on any atom is -0.391 e. The molecule has 2 heterocycles. The predicted octanol–water partition coefficient (Wildman–Crippen LogP) is -3.18. The third-order valence-corrected chi connectivity index (χ3v) is 5.66. The fourth-order valence-electron chi connectivity index (χ4n) is 2.45. The molecule has 1 aromatic rings. The summed E-state index contributed by atoms with van der Waals surface area (Å²) in [7, 11) is -4.83. The first-order chi connectivity index (χ1) is 11.9. The second-order valence-corrected chi connectivity index (χ2v) is 7.94. The van der Waals surface area contributed by atoms with Crippen LogP contribution in [-0.4, -0.2) is 54.2 Å². The standard InChI is InChI=1S/C11H15N4O9PS/c12-7(17)3-1-15(11(20)14-9(3)19)10-5(8(13)18)6(16)4(26-10)2-24-25(21,22)23/h1,4-6,10,16H,2H2,(H2,12,17)(H2,13,18)(H,14,19,20)(H2,21,22,23). The maximum atomic E-state index is 12.1. The van der Waals surface area contributed by atoms with Crippen molar-refractivity contribution in [1.29, 1.82) is 0 Å². The van der Waals surface area contributed by atoms with Crippen molar-refractivity contribution in [2.75, 3.05) is 6.61 Å². The number of hydrogen-bond donors (Lipinski definition) is 6. The summed E-state index contributed by atoms with van der Waals surface area (Å²) in [5.74, 6) is -3.50. The number of nitrogens with one attached hydrogen (secondary N) is 1. The van der Waals surface area contributed by atoms with E-state index in [-0.39, 0.29) is 0 Å². The van der Waals surface area contributed by atoms with Crippen LogP contribution in [0.3, 0.4) is 0 Å². The highest BCUT2D eigenvalue weighted by atomic mass is 32.2. The number of phosphoric ester groups is 1. The van der Waals surface area contributed by atoms with Crippen molar-refractivity contribution in [1.82, 2.24) is 9.55 Å². The Balaban J connectivity index is 2.44. The Kier molecular flexibility index (Phi) is 5.75. The minimum absolute atomic E-state index is 0.558. The quantitative estimate of drug-likeness (QED) is 0.257. The lowest BCUT2D eigenvalue weighted by molar-refractivity contribution is -0.125. The molecule has 8 N–H and O–H groups in total. The second kappa shape index (κ2) is 7.34. The van der Waals surface area contributed by atoms with Gasteiger partial charge < -0.3 is 26.4 Å². The van der Waals surface area contributed by atoms with E-state index in [1.165, 1.54) is 0 Å². The first kappa shape index (κ1) is 20.4. The van der Waals surface area contributed by atoms with Gasteiger partial charge in [0.2, 0.25) is 5.91 Å². The summed E-state index contributed by atoms with van der Waals surface area (Å²) in [6.45, 7) is -0.642. The third-order valence-electron chi connectivity index (χ3n) is 3.61. The van der Waals surface area contributed by atoms with Crippen LogP contribution < -0.4 is 22.7 Å². The number of aromatic nitrogens is 2. The molecule has 1 saturated heterocycles. The van der Waals surface area contributed by atoms with E-state index in [1.54, 1.807) is 0 Å². The van der Waals surface area contributed by atoms with Crippen molar-refractivity contribution in [3.63, 3.8) is 0 Å². The van der Waals surface area contributed by atoms with Crippen molar-refractivity contribution < 1.29 is 33.6 Å². The number of aliphatic hydroxyl groups excluding tert-OH is 1. The highest BCUT2D eigenvalue weighted by molar-refractivity contribution is 8.00. The van der Waals surface area contributed by atoms with Gasteiger partial charge in [0.15, 0.2) is 0 Å². The first-order valence-electron chi connectivity index (χ1n) is 6.90. The number of phosphoric acid groups is 1. The average Bonchev–Trinajstić information content (AvgIpc) is 2.80. The zero-order valence-electron chi connectivity index (χ0n) is 12.8. The molecule has 26 heavy (non-hydrogen) atoms. The van der Waals surface area contributed by atoms with Crippen molar-refractivity contribution >= 4 is 31.4 Å². The smallest absolute Gasteiger partial charge is 0.391 e. The Bertz CT molecular complexity index is 892. The number of nitrogens with zero attached hydrogens (tertiary/aromatic N) is 1. The number of aromatic amines is 1. The summed E-state index contributed by atoms with van der Waals surface area (Å²) in [4.78, 5) is 66.0.